The number of benzene rings is 3. The molecule has 0 bridgehead atoms. The lowest BCUT2D eigenvalue weighted by molar-refractivity contribution is 0.0486. The van der Waals surface area contributed by atoms with Crippen LogP contribution >= 0.6 is 0 Å². The van der Waals surface area contributed by atoms with Crippen LogP contribution in [-0.2, 0) is 10.2 Å². The second-order valence-corrected chi connectivity index (χ2v) is 8.20. The molecule has 4 aromatic rings. The molecule has 1 N–H and O–H groups in total. The molecule has 162 valence electrons. The largest absolute Gasteiger partial charge is 0.381 e. The van der Waals surface area contributed by atoms with Crippen molar-refractivity contribution in [2.45, 2.75) is 18.3 Å². The molecule has 32 heavy (non-hydrogen) atoms. The molecule has 6 heteroatoms. The van der Waals surface area contributed by atoms with Crippen LogP contribution in [0.4, 0.5) is 4.39 Å². The summed E-state index contributed by atoms with van der Waals surface area (Å²) in [6.45, 7) is 1.57. The molecule has 1 saturated heterocycles. The van der Waals surface area contributed by atoms with Gasteiger partial charge in [-0.3, -0.25) is 4.79 Å². The van der Waals surface area contributed by atoms with Crippen molar-refractivity contribution in [1.82, 2.24) is 10.5 Å². The minimum absolute atomic E-state index is 0.186. The summed E-state index contributed by atoms with van der Waals surface area (Å²) in [5, 5.41) is 7.98. The number of carbonyl (C=O) groups excluding carboxylic acids is 1. The van der Waals surface area contributed by atoms with Crippen LogP contribution < -0.4 is 5.32 Å². The van der Waals surface area contributed by atoms with Gasteiger partial charge in [0.2, 0.25) is 0 Å². The van der Waals surface area contributed by atoms with E-state index in [2.05, 4.69) is 10.5 Å². The van der Waals surface area contributed by atoms with Crippen LogP contribution in [0.2, 0.25) is 0 Å². The summed E-state index contributed by atoms with van der Waals surface area (Å²) in [7, 11) is 0. The molecule has 0 spiro atoms. The second kappa shape index (κ2) is 8.55. The van der Waals surface area contributed by atoms with E-state index in [0.29, 0.717) is 36.6 Å². The molecule has 5 nitrogen and oxygen atoms in total. The highest BCUT2D eigenvalue weighted by atomic mass is 19.1. The average molecular weight is 430 g/mol. The number of carbonyl (C=O) groups is 1. The molecule has 2 heterocycles. The third kappa shape index (κ3) is 3.89. The lowest BCUT2D eigenvalue weighted by atomic mass is 9.74. The number of halogens is 1. The molecule has 1 amide bonds. The maximum absolute atomic E-state index is 13.9. The first-order valence-electron chi connectivity index (χ1n) is 10.7. The highest BCUT2D eigenvalue weighted by Crippen LogP contribution is 2.35. The van der Waals surface area contributed by atoms with Gasteiger partial charge in [0.25, 0.3) is 5.91 Å². The summed E-state index contributed by atoms with van der Waals surface area (Å²) >= 11 is 0. The molecular formula is C26H23FN2O3. The van der Waals surface area contributed by atoms with E-state index >= 15 is 0 Å². The van der Waals surface area contributed by atoms with Crippen molar-refractivity contribution in [1.29, 1.82) is 0 Å². The van der Waals surface area contributed by atoms with Gasteiger partial charge in [-0.1, -0.05) is 47.6 Å². The second-order valence-electron chi connectivity index (χ2n) is 8.20. The van der Waals surface area contributed by atoms with Crippen LogP contribution in [0.1, 0.15) is 28.8 Å². The van der Waals surface area contributed by atoms with Gasteiger partial charge in [-0.25, -0.2) is 4.39 Å². The highest BCUT2D eigenvalue weighted by molar-refractivity contribution is 6.01. The Kier molecular flexibility index (Phi) is 5.45. The SMILES string of the molecule is O=C(NCC1(c2cccc(F)c2)CCOCC1)c1ccc2noc(-c3ccccc3)c2c1. The van der Waals surface area contributed by atoms with E-state index in [9.17, 15) is 9.18 Å². The Labute approximate surface area is 185 Å². The number of hydrogen-bond donors (Lipinski definition) is 1. The molecule has 0 aliphatic carbocycles. The van der Waals surface area contributed by atoms with Gasteiger partial charge in [-0.2, -0.15) is 0 Å². The third-order valence-corrected chi connectivity index (χ3v) is 6.25. The van der Waals surface area contributed by atoms with E-state index in [1.165, 1.54) is 6.07 Å². The van der Waals surface area contributed by atoms with Crippen molar-refractivity contribution in [2.75, 3.05) is 19.8 Å². The van der Waals surface area contributed by atoms with Crippen LogP contribution in [0.3, 0.4) is 0 Å². The quantitative estimate of drug-likeness (QED) is 0.478. The van der Waals surface area contributed by atoms with E-state index in [0.717, 1.165) is 29.4 Å². The Morgan fingerprint density at radius 3 is 2.59 bits per heavy atom. The number of ether oxygens (including phenoxy) is 1. The third-order valence-electron chi connectivity index (χ3n) is 6.25. The smallest absolute Gasteiger partial charge is 0.251 e. The molecule has 0 radical (unpaired) electrons. The Balaban J connectivity index is 1.40. The standard InChI is InChI=1S/C26H23FN2O3/c27-21-8-4-7-20(16-21)26(11-13-31-14-12-26)17-28-25(30)19-9-10-23-22(15-19)24(32-29-23)18-5-2-1-3-6-18/h1-10,15-16H,11-14,17H2,(H,28,30). The van der Waals surface area contributed by atoms with E-state index in [4.69, 9.17) is 9.26 Å². The number of fused-ring (bicyclic) bond motifs is 1. The van der Waals surface area contributed by atoms with Crippen molar-refractivity contribution in [2.24, 2.45) is 0 Å². The summed E-state index contributed by atoms with van der Waals surface area (Å²) in [5.74, 6) is 0.177. The van der Waals surface area contributed by atoms with Gasteiger partial charge in [0.05, 0.1) is 5.39 Å². The van der Waals surface area contributed by atoms with E-state index in [-0.39, 0.29) is 17.1 Å². The molecule has 0 saturated carbocycles. The van der Waals surface area contributed by atoms with Gasteiger partial charge in [-0.05, 0) is 48.7 Å². The molecule has 5 rings (SSSR count). The summed E-state index contributed by atoms with van der Waals surface area (Å²) < 4.78 is 25.0. The van der Waals surface area contributed by atoms with E-state index in [1.54, 1.807) is 24.3 Å². The first kappa shape index (κ1) is 20.4. The molecule has 3 aromatic carbocycles. The summed E-state index contributed by atoms with van der Waals surface area (Å²) in [6, 6.07) is 21.7. The fourth-order valence-electron chi connectivity index (χ4n) is 4.38. The molecule has 0 unspecified atom stereocenters. The fraction of sp³-hybridized carbons (Fsp3) is 0.231. The molecule has 1 aromatic heterocycles. The van der Waals surface area contributed by atoms with E-state index < -0.39 is 0 Å². The molecule has 0 atom stereocenters. The number of amides is 1. The van der Waals surface area contributed by atoms with E-state index in [1.807, 2.05) is 42.5 Å². The van der Waals surface area contributed by atoms with Crippen LogP contribution in [0.5, 0.6) is 0 Å². The topological polar surface area (TPSA) is 64.4 Å². The summed E-state index contributed by atoms with van der Waals surface area (Å²) in [5.41, 5.74) is 2.66. The lowest BCUT2D eigenvalue weighted by Crippen LogP contribution is -2.44. The maximum Gasteiger partial charge on any atom is 0.251 e. The van der Waals surface area contributed by atoms with Gasteiger partial charge in [0.15, 0.2) is 5.76 Å². The monoisotopic (exact) mass is 430 g/mol. The van der Waals surface area contributed by atoms with Gasteiger partial charge < -0.3 is 14.6 Å². The van der Waals surface area contributed by atoms with Crippen molar-refractivity contribution in [3.63, 3.8) is 0 Å². The van der Waals surface area contributed by atoms with Crippen molar-refractivity contribution >= 4 is 16.8 Å². The van der Waals surface area contributed by atoms with Crippen LogP contribution in [0, 0.1) is 5.82 Å². The first-order chi connectivity index (χ1) is 15.6. The average Bonchev–Trinajstić information content (AvgIpc) is 3.27. The molecular weight excluding hydrogens is 407 g/mol. The van der Waals surface area contributed by atoms with Gasteiger partial charge in [0, 0.05) is 36.3 Å². The highest BCUT2D eigenvalue weighted by Gasteiger charge is 2.35. The Morgan fingerprint density at radius 1 is 1.00 bits per heavy atom. The Hall–Kier alpha value is -3.51. The molecule has 1 fully saturated rings. The Morgan fingerprint density at radius 2 is 1.81 bits per heavy atom. The zero-order valence-electron chi connectivity index (χ0n) is 17.5. The summed E-state index contributed by atoms with van der Waals surface area (Å²) in [4.78, 5) is 13.1. The number of aromatic nitrogens is 1. The van der Waals surface area contributed by atoms with Gasteiger partial charge in [0.1, 0.15) is 11.3 Å². The van der Waals surface area contributed by atoms with Crippen LogP contribution in [-0.4, -0.2) is 30.8 Å². The zero-order chi connectivity index (χ0) is 22.0. The van der Waals surface area contributed by atoms with Gasteiger partial charge >= 0.3 is 0 Å². The number of nitrogens with one attached hydrogen (secondary N) is 1. The minimum atomic E-state index is -0.355. The van der Waals surface area contributed by atoms with Crippen molar-refractivity contribution < 1.29 is 18.4 Å². The van der Waals surface area contributed by atoms with Crippen LogP contribution in [0.15, 0.2) is 77.3 Å². The first-order valence-corrected chi connectivity index (χ1v) is 10.7. The van der Waals surface area contributed by atoms with Crippen molar-refractivity contribution in [3.8, 4) is 11.3 Å². The zero-order valence-corrected chi connectivity index (χ0v) is 17.5. The molecule has 1 aliphatic rings. The Bertz CT molecular complexity index is 1250. The minimum Gasteiger partial charge on any atom is -0.381 e. The summed E-state index contributed by atoms with van der Waals surface area (Å²) in [6.07, 6.45) is 1.44. The number of hydrogen-bond acceptors (Lipinski definition) is 4. The van der Waals surface area contributed by atoms with Crippen LogP contribution in [0.25, 0.3) is 22.2 Å². The molecule has 1 aliphatic heterocycles. The number of nitrogens with zero attached hydrogens (tertiary/aromatic N) is 1. The predicted molar refractivity (Wildman–Crippen MR) is 120 cm³/mol. The maximum atomic E-state index is 13.9. The van der Waals surface area contributed by atoms with Gasteiger partial charge in [-0.15, -0.1) is 0 Å². The fourth-order valence-corrected chi connectivity index (χ4v) is 4.38. The predicted octanol–water partition coefficient (Wildman–Crippen LogP) is 5.11. The lowest BCUT2D eigenvalue weighted by Gasteiger charge is -2.38. The normalized spacial score (nSPS) is 15.5. The van der Waals surface area contributed by atoms with Crippen molar-refractivity contribution in [3.05, 3.63) is 89.7 Å². The number of rotatable bonds is 5.